The van der Waals surface area contributed by atoms with Gasteiger partial charge >= 0.3 is 0 Å². The molecular weight excluding hydrogens is 528 g/mol. The van der Waals surface area contributed by atoms with Crippen LogP contribution in [0.2, 0.25) is 0 Å². The number of benzene rings is 1. The summed E-state index contributed by atoms with van der Waals surface area (Å²) in [4.78, 5) is 39.2. The van der Waals surface area contributed by atoms with E-state index in [1.807, 2.05) is 0 Å². The maximum absolute atomic E-state index is 13.8. The first-order chi connectivity index (χ1) is 16.4. The van der Waals surface area contributed by atoms with Gasteiger partial charge in [0, 0.05) is 18.7 Å². The van der Waals surface area contributed by atoms with E-state index in [9.17, 15) is 23.5 Å². The summed E-state index contributed by atoms with van der Waals surface area (Å²) in [7, 11) is 1.55. The second-order valence-corrected chi connectivity index (χ2v) is 9.21. The highest BCUT2D eigenvalue weighted by Gasteiger charge is 2.27. The van der Waals surface area contributed by atoms with Crippen LogP contribution >= 0.6 is 15.9 Å². The summed E-state index contributed by atoms with van der Waals surface area (Å²) in [6, 6.07) is 3.12. The standard InChI is InChI=1S/C23H24BrF2N5O4/c1-13-29-20(35-12-14-5-6-15(25)7-18(14)26)19(24)21(32)31(13)11-17-9-27-16(8-28-17)10-30(4)22(33)23(2,3)34/h5-9,34H,10-12H2,1-4H3. The Kier molecular flexibility index (Phi) is 7.96. The molecule has 0 bridgehead atoms. The zero-order valence-corrected chi connectivity index (χ0v) is 21.1. The van der Waals surface area contributed by atoms with E-state index in [1.54, 1.807) is 14.0 Å². The first-order valence-corrected chi connectivity index (χ1v) is 11.3. The van der Waals surface area contributed by atoms with E-state index in [4.69, 9.17) is 4.74 Å². The largest absolute Gasteiger partial charge is 0.472 e. The molecule has 0 spiro atoms. The average Bonchev–Trinajstić information content (AvgIpc) is 2.79. The van der Waals surface area contributed by atoms with Gasteiger partial charge in [-0.2, -0.15) is 4.98 Å². The smallest absolute Gasteiger partial charge is 0.272 e. The van der Waals surface area contributed by atoms with Crippen LogP contribution in [0.3, 0.4) is 0 Å². The minimum atomic E-state index is -1.50. The Balaban J connectivity index is 1.72. The first kappa shape index (κ1) is 26.4. The summed E-state index contributed by atoms with van der Waals surface area (Å²) in [5.74, 6) is -1.60. The summed E-state index contributed by atoms with van der Waals surface area (Å²) < 4.78 is 33.8. The Morgan fingerprint density at radius 2 is 1.89 bits per heavy atom. The average molecular weight is 552 g/mol. The van der Waals surface area contributed by atoms with E-state index in [-0.39, 0.29) is 35.6 Å². The molecule has 0 aliphatic rings. The summed E-state index contributed by atoms with van der Waals surface area (Å²) in [5, 5.41) is 9.84. The second-order valence-electron chi connectivity index (χ2n) is 8.41. The van der Waals surface area contributed by atoms with Crippen LogP contribution in [0.5, 0.6) is 5.88 Å². The Labute approximate surface area is 208 Å². The van der Waals surface area contributed by atoms with Crippen LogP contribution in [0.1, 0.15) is 36.6 Å². The Hall–Kier alpha value is -3.25. The highest BCUT2D eigenvalue weighted by atomic mass is 79.9. The lowest BCUT2D eigenvalue weighted by Gasteiger charge is -2.24. The third-order valence-corrected chi connectivity index (χ3v) is 5.68. The highest BCUT2D eigenvalue weighted by Crippen LogP contribution is 2.21. The topological polar surface area (TPSA) is 110 Å². The quantitative estimate of drug-likeness (QED) is 0.458. The van der Waals surface area contributed by atoms with Crippen molar-refractivity contribution in [3.63, 3.8) is 0 Å². The van der Waals surface area contributed by atoms with E-state index in [0.29, 0.717) is 17.2 Å². The normalized spacial score (nSPS) is 11.4. The molecule has 0 atom stereocenters. The van der Waals surface area contributed by atoms with Crippen molar-refractivity contribution in [1.29, 1.82) is 0 Å². The SMILES string of the molecule is Cc1nc(OCc2ccc(F)cc2F)c(Br)c(=O)n1Cc1cnc(CN(C)C(=O)C(C)(C)O)cn1. The van der Waals surface area contributed by atoms with Gasteiger partial charge in [0.1, 0.15) is 34.1 Å². The molecule has 2 aromatic heterocycles. The van der Waals surface area contributed by atoms with E-state index in [0.717, 1.165) is 12.1 Å². The van der Waals surface area contributed by atoms with Crippen molar-refractivity contribution in [2.45, 2.75) is 46.1 Å². The molecule has 35 heavy (non-hydrogen) atoms. The van der Waals surface area contributed by atoms with Crippen LogP contribution in [0.15, 0.2) is 39.9 Å². The number of carbonyl (C=O) groups is 1. The fraction of sp³-hybridized carbons (Fsp3) is 0.348. The molecule has 1 N–H and O–H groups in total. The first-order valence-electron chi connectivity index (χ1n) is 10.5. The van der Waals surface area contributed by atoms with Crippen molar-refractivity contribution in [2.24, 2.45) is 0 Å². The van der Waals surface area contributed by atoms with Crippen LogP contribution in [-0.2, 0) is 24.5 Å². The predicted octanol–water partition coefficient (Wildman–Crippen LogP) is 2.74. The molecule has 0 unspecified atom stereocenters. The molecular formula is C23H24BrF2N5O4. The van der Waals surface area contributed by atoms with Gasteiger partial charge in [0.2, 0.25) is 5.88 Å². The second kappa shape index (κ2) is 10.6. The van der Waals surface area contributed by atoms with Gasteiger partial charge in [-0.1, -0.05) is 0 Å². The van der Waals surface area contributed by atoms with Crippen molar-refractivity contribution >= 4 is 21.8 Å². The van der Waals surface area contributed by atoms with Gasteiger partial charge in [-0.25, -0.2) is 8.78 Å². The van der Waals surface area contributed by atoms with Crippen LogP contribution in [-0.4, -0.2) is 48.1 Å². The van der Waals surface area contributed by atoms with Gasteiger partial charge in [0.15, 0.2) is 0 Å². The van der Waals surface area contributed by atoms with E-state index < -0.39 is 28.7 Å². The van der Waals surface area contributed by atoms with Crippen LogP contribution in [0, 0.1) is 18.6 Å². The molecule has 0 aliphatic heterocycles. The van der Waals surface area contributed by atoms with Gasteiger partial charge in [-0.3, -0.25) is 24.1 Å². The number of carbonyl (C=O) groups excluding carboxylic acids is 1. The fourth-order valence-corrected chi connectivity index (χ4v) is 3.59. The molecule has 2 heterocycles. The van der Waals surface area contributed by atoms with Crippen molar-refractivity contribution in [3.05, 3.63) is 79.8 Å². The Morgan fingerprint density at radius 3 is 2.49 bits per heavy atom. The van der Waals surface area contributed by atoms with Gasteiger partial charge in [-0.05, 0) is 48.8 Å². The number of hydrogen-bond donors (Lipinski definition) is 1. The monoisotopic (exact) mass is 551 g/mol. The zero-order valence-electron chi connectivity index (χ0n) is 19.5. The van der Waals surface area contributed by atoms with E-state index in [1.165, 1.54) is 41.8 Å². The number of ether oxygens (including phenoxy) is 1. The molecule has 9 nitrogen and oxygen atoms in total. The summed E-state index contributed by atoms with van der Waals surface area (Å²) in [6.45, 7) is 4.42. The number of halogens is 3. The van der Waals surface area contributed by atoms with Crippen molar-refractivity contribution in [1.82, 2.24) is 24.4 Å². The maximum Gasteiger partial charge on any atom is 0.272 e. The third kappa shape index (κ3) is 6.45. The number of aliphatic hydroxyl groups is 1. The van der Waals surface area contributed by atoms with Gasteiger partial charge < -0.3 is 14.7 Å². The predicted molar refractivity (Wildman–Crippen MR) is 126 cm³/mol. The Bertz CT molecular complexity index is 1290. The van der Waals surface area contributed by atoms with Gasteiger partial charge in [-0.15, -0.1) is 0 Å². The van der Waals surface area contributed by atoms with Gasteiger partial charge in [0.25, 0.3) is 11.5 Å². The minimum Gasteiger partial charge on any atom is -0.472 e. The molecule has 3 aromatic rings. The lowest BCUT2D eigenvalue weighted by molar-refractivity contribution is -0.147. The fourth-order valence-electron chi connectivity index (χ4n) is 3.17. The molecule has 3 rings (SSSR count). The van der Waals surface area contributed by atoms with Crippen LogP contribution in [0.25, 0.3) is 0 Å². The summed E-state index contributed by atoms with van der Waals surface area (Å²) in [5.41, 5.74) is -0.828. The maximum atomic E-state index is 13.8. The number of aromatic nitrogens is 4. The molecule has 12 heteroatoms. The van der Waals surface area contributed by atoms with Crippen molar-refractivity contribution in [3.8, 4) is 5.88 Å². The lowest BCUT2D eigenvalue weighted by atomic mass is 10.1. The Morgan fingerprint density at radius 1 is 1.23 bits per heavy atom. The number of rotatable bonds is 8. The third-order valence-electron chi connectivity index (χ3n) is 5.00. The molecule has 1 aromatic carbocycles. The van der Waals surface area contributed by atoms with Crippen molar-refractivity contribution in [2.75, 3.05) is 7.05 Å². The molecule has 0 radical (unpaired) electrons. The van der Waals surface area contributed by atoms with Gasteiger partial charge in [0.05, 0.1) is 36.9 Å². The molecule has 0 saturated heterocycles. The zero-order chi connectivity index (χ0) is 25.9. The van der Waals surface area contributed by atoms with Crippen LogP contribution in [0.4, 0.5) is 8.78 Å². The molecule has 0 fully saturated rings. The van der Waals surface area contributed by atoms with E-state index >= 15 is 0 Å². The van der Waals surface area contributed by atoms with Crippen molar-refractivity contribution < 1.29 is 23.4 Å². The summed E-state index contributed by atoms with van der Waals surface area (Å²) >= 11 is 3.18. The lowest BCUT2D eigenvalue weighted by Crippen LogP contribution is -2.42. The molecule has 1 amide bonds. The van der Waals surface area contributed by atoms with Crippen LogP contribution < -0.4 is 10.3 Å². The summed E-state index contributed by atoms with van der Waals surface area (Å²) in [6.07, 6.45) is 2.97. The number of nitrogens with zero attached hydrogens (tertiary/aromatic N) is 5. The number of amides is 1. The number of hydrogen-bond acceptors (Lipinski definition) is 7. The molecule has 0 saturated carbocycles. The highest BCUT2D eigenvalue weighted by molar-refractivity contribution is 9.10. The molecule has 186 valence electrons. The minimum absolute atomic E-state index is 0.0200. The number of likely N-dealkylation sites (N-methyl/N-ethyl adjacent to an activating group) is 1. The number of aryl methyl sites for hydroxylation is 1. The van der Waals surface area contributed by atoms with E-state index in [2.05, 4.69) is 30.9 Å². The molecule has 0 aliphatic carbocycles.